The van der Waals surface area contributed by atoms with Crippen LogP contribution < -0.4 is 9.64 Å². The number of aliphatic hydroxyl groups excluding tert-OH is 1. The number of benzene rings is 2. The van der Waals surface area contributed by atoms with Gasteiger partial charge in [-0.05, 0) is 68.3 Å². The van der Waals surface area contributed by atoms with E-state index in [9.17, 15) is 14.7 Å². The van der Waals surface area contributed by atoms with Crippen LogP contribution in [0.2, 0.25) is 5.02 Å². The van der Waals surface area contributed by atoms with Crippen LogP contribution in [0, 0.1) is 20.8 Å². The smallest absolute Gasteiger partial charge is 0.300 e. The number of Topliss-reactive ketones (excluding diaryl/α,β-unsaturated/α-hetero) is 1. The molecule has 7 heteroatoms. The molecule has 1 atom stereocenters. The van der Waals surface area contributed by atoms with E-state index in [1.165, 1.54) is 18.1 Å². The number of hydrogen-bond acceptors (Lipinski definition) is 5. The highest BCUT2D eigenvalue weighted by Gasteiger charge is 2.49. The molecule has 1 amide bonds. The molecule has 1 aromatic heterocycles. The normalized spacial score (nSPS) is 17.8. The van der Waals surface area contributed by atoms with Crippen LogP contribution in [-0.4, -0.2) is 23.9 Å². The molecular weight excluding hydrogens is 430 g/mol. The van der Waals surface area contributed by atoms with Crippen LogP contribution in [0.1, 0.15) is 34.3 Å². The lowest BCUT2D eigenvalue weighted by Crippen LogP contribution is -2.30. The molecule has 1 aliphatic heterocycles. The number of aryl methyl sites for hydroxylation is 3. The molecule has 3 aromatic rings. The number of carbonyl (C=O) groups is 2. The van der Waals surface area contributed by atoms with Crippen molar-refractivity contribution in [2.75, 3.05) is 12.0 Å². The Hall–Kier alpha value is -3.51. The number of ether oxygens (including phenoxy) is 1. The van der Waals surface area contributed by atoms with Gasteiger partial charge in [-0.15, -0.1) is 0 Å². The largest absolute Gasteiger partial charge is 0.507 e. The first-order chi connectivity index (χ1) is 15.2. The topological polar surface area (TPSA) is 80.0 Å². The maximum atomic E-state index is 13.3. The maximum absolute atomic E-state index is 13.3. The van der Waals surface area contributed by atoms with Crippen LogP contribution in [0.25, 0.3) is 5.76 Å². The van der Waals surface area contributed by atoms with Gasteiger partial charge >= 0.3 is 0 Å². The zero-order chi connectivity index (χ0) is 23.2. The number of furan rings is 1. The van der Waals surface area contributed by atoms with Crippen molar-refractivity contribution in [3.05, 3.63) is 87.3 Å². The Morgan fingerprint density at radius 2 is 1.81 bits per heavy atom. The maximum Gasteiger partial charge on any atom is 0.300 e. The van der Waals surface area contributed by atoms with E-state index >= 15 is 0 Å². The summed E-state index contributed by atoms with van der Waals surface area (Å²) in [5.74, 6) is -0.643. The van der Waals surface area contributed by atoms with E-state index in [1.54, 1.807) is 31.2 Å². The number of anilines is 1. The van der Waals surface area contributed by atoms with Gasteiger partial charge in [-0.2, -0.15) is 0 Å². The first-order valence-corrected chi connectivity index (χ1v) is 10.4. The lowest BCUT2D eigenvalue weighted by molar-refractivity contribution is -0.132. The molecule has 0 spiro atoms. The van der Waals surface area contributed by atoms with Crippen LogP contribution in [0.15, 0.2) is 58.5 Å². The Morgan fingerprint density at radius 3 is 2.47 bits per heavy atom. The van der Waals surface area contributed by atoms with E-state index in [-0.39, 0.29) is 16.9 Å². The highest BCUT2D eigenvalue weighted by Crippen LogP contribution is 2.44. The van der Waals surface area contributed by atoms with Crippen molar-refractivity contribution in [1.29, 1.82) is 0 Å². The van der Waals surface area contributed by atoms with Crippen LogP contribution >= 0.6 is 11.6 Å². The highest BCUT2D eigenvalue weighted by atomic mass is 35.5. The second-order valence-corrected chi connectivity index (χ2v) is 8.19. The first-order valence-electron chi connectivity index (χ1n) is 10.0. The SMILES string of the molecule is COc1ccc(Cl)cc1/C(O)=C1\C(=O)C(=O)N(c2cc(C)ccc2C)C1c1ccc(C)o1. The first kappa shape index (κ1) is 21.7. The van der Waals surface area contributed by atoms with Gasteiger partial charge < -0.3 is 14.3 Å². The van der Waals surface area contributed by atoms with Gasteiger partial charge in [0, 0.05) is 10.7 Å². The Bertz CT molecular complexity index is 1270. The van der Waals surface area contributed by atoms with Gasteiger partial charge in [-0.3, -0.25) is 14.5 Å². The number of ketones is 1. The van der Waals surface area contributed by atoms with Crippen molar-refractivity contribution < 1.29 is 23.8 Å². The number of aliphatic hydroxyl groups is 1. The number of hydrogen-bond donors (Lipinski definition) is 1. The quantitative estimate of drug-likeness (QED) is 0.322. The minimum Gasteiger partial charge on any atom is -0.507 e. The third-order valence-corrected chi connectivity index (χ3v) is 5.75. The zero-order valence-electron chi connectivity index (χ0n) is 18.1. The van der Waals surface area contributed by atoms with E-state index in [4.69, 9.17) is 20.8 Å². The molecule has 0 bridgehead atoms. The summed E-state index contributed by atoms with van der Waals surface area (Å²) in [6, 6.07) is 12.8. The van der Waals surface area contributed by atoms with E-state index in [2.05, 4.69) is 0 Å². The minimum atomic E-state index is -0.951. The highest BCUT2D eigenvalue weighted by molar-refractivity contribution is 6.51. The van der Waals surface area contributed by atoms with E-state index in [0.29, 0.717) is 28.0 Å². The predicted molar refractivity (Wildman–Crippen MR) is 122 cm³/mol. The molecule has 1 fully saturated rings. The summed E-state index contributed by atoms with van der Waals surface area (Å²) in [6.07, 6.45) is 0. The average Bonchev–Trinajstić information content (AvgIpc) is 3.30. The molecule has 2 heterocycles. The molecule has 2 aromatic carbocycles. The van der Waals surface area contributed by atoms with Crippen LogP contribution in [-0.2, 0) is 9.59 Å². The van der Waals surface area contributed by atoms with Crippen molar-refractivity contribution in [3.8, 4) is 5.75 Å². The van der Waals surface area contributed by atoms with Gasteiger partial charge in [0.25, 0.3) is 11.7 Å². The van der Waals surface area contributed by atoms with Gasteiger partial charge in [0.1, 0.15) is 29.1 Å². The fourth-order valence-corrected chi connectivity index (χ4v) is 4.11. The fourth-order valence-electron chi connectivity index (χ4n) is 3.94. The van der Waals surface area contributed by atoms with Gasteiger partial charge in [-0.1, -0.05) is 23.7 Å². The van der Waals surface area contributed by atoms with Gasteiger partial charge in [0.2, 0.25) is 0 Å². The number of methoxy groups -OCH3 is 1. The van der Waals surface area contributed by atoms with Gasteiger partial charge in [-0.25, -0.2) is 0 Å². The number of halogens is 1. The minimum absolute atomic E-state index is 0.0918. The molecule has 1 unspecified atom stereocenters. The van der Waals surface area contributed by atoms with E-state index < -0.39 is 17.7 Å². The molecule has 164 valence electrons. The molecule has 1 aliphatic rings. The van der Waals surface area contributed by atoms with Crippen molar-refractivity contribution in [1.82, 2.24) is 0 Å². The number of nitrogens with zero attached hydrogens (tertiary/aromatic N) is 1. The summed E-state index contributed by atoms with van der Waals surface area (Å²) in [4.78, 5) is 27.9. The second kappa shape index (κ2) is 8.20. The van der Waals surface area contributed by atoms with Crippen molar-refractivity contribution in [3.63, 3.8) is 0 Å². The van der Waals surface area contributed by atoms with Crippen molar-refractivity contribution in [2.45, 2.75) is 26.8 Å². The van der Waals surface area contributed by atoms with Crippen molar-refractivity contribution >= 4 is 34.7 Å². The van der Waals surface area contributed by atoms with Crippen LogP contribution in [0.3, 0.4) is 0 Å². The summed E-state index contributed by atoms with van der Waals surface area (Å²) in [6.45, 7) is 5.54. The summed E-state index contributed by atoms with van der Waals surface area (Å²) in [7, 11) is 1.45. The Labute approximate surface area is 190 Å². The lowest BCUT2D eigenvalue weighted by Gasteiger charge is -2.25. The standard InChI is InChI=1S/C25H22ClNO5/c1-13-5-6-14(2)18(11-13)27-22(20-9-7-15(3)32-20)21(24(29)25(27)30)23(28)17-12-16(26)8-10-19(17)31-4/h5-12,22,28H,1-4H3/b23-21+. The summed E-state index contributed by atoms with van der Waals surface area (Å²) >= 11 is 6.14. The summed E-state index contributed by atoms with van der Waals surface area (Å²) in [5, 5.41) is 11.6. The monoisotopic (exact) mass is 451 g/mol. The molecule has 6 nitrogen and oxygen atoms in total. The Morgan fingerprint density at radius 1 is 1.06 bits per heavy atom. The third-order valence-electron chi connectivity index (χ3n) is 5.52. The molecular formula is C25H22ClNO5. The summed E-state index contributed by atoms with van der Waals surface area (Å²) in [5.41, 5.74) is 2.44. The van der Waals surface area contributed by atoms with Crippen LogP contribution in [0.4, 0.5) is 5.69 Å². The number of rotatable bonds is 4. The second-order valence-electron chi connectivity index (χ2n) is 7.75. The van der Waals surface area contributed by atoms with Crippen LogP contribution in [0.5, 0.6) is 5.75 Å². The molecule has 0 radical (unpaired) electrons. The lowest BCUT2D eigenvalue weighted by atomic mass is 9.98. The average molecular weight is 452 g/mol. The summed E-state index contributed by atoms with van der Waals surface area (Å²) < 4.78 is 11.2. The Balaban J connectivity index is 2.01. The van der Waals surface area contributed by atoms with Gasteiger partial charge in [0.15, 0.2) is 0 Å². The molecule has 1 N–H and O–H groups in total. The molecule has 0 aliphatic carbocycles. The zero-order valence-corrected chi connectivity index (χ0v) is 18.9. The molecule has 32 heavy (non-hydrogen) atoms. The number of carbonyl (C=O) groups excluding carboxylic acids is 2. The molecule has 1 saturated heterocycles. The Kier molecular flexibility index (Phi) is 5.57. The predicted octanol–water partition coefficient (Wildman–Crippen LogP) is 5.49. The third kappa shape index (κ3) is 3.56. The van der Waals surface area contributed by atoms with E-state index in [1.807, 2.05) is 32.0 Å². The molecule has 0 saturated carbocycles. The fraction of sp³-hybridized carbons (Fsp3) is 0.200. The van der Waals surface area contributed by atoms with Gasteiger partial charge in [0.05, 0.1) is 18.2 Å². The van der Waals surface area contributed by atoms with Crippen molar-refractivity contribution in [2.24, 2.45) is 0 Å². The van der Waals surface area contributed by atoms with E-state index in [0.717, 1.165) is 11.1 Å². The number of amides is 1. The molecule has 4 rings (SSSR count).